The number of benzene rings is 1. The van der Waals surface area contributed by atoms with E-state index in [0.717, 1.165) is 10.9 Å². The van der Waals surface area contributed by atoms with Gasteiger partial charge in [0.1, 0.15) is 5.58 Å². The number of anilines is 2. The first-order valence-electron chi connectivity index (χ1n) is 6.97. The molecular weight excluding hydrogens is 296 g/mol. The molecule has 0 aliphatic heterocycles. The van der Waals surface area contributed by atoms with Gasteiger partial charge in [-0.15, -0.1) is 0 Å². The van der Waals surface area contributed by atoms with Crippen molar-refractivity contribution in [3.8, 4) is 0 Å². The molecule has 0 bridgehead atoms. The Morgan fingerprint density at radius 2 is 2.00 bits per heavy atom. The molecule has 0 spiro atoms. The summed E-state index contributed by atoms with van der Waals surface area (Å²) in [5, 5.41) is 6.37. The molecule has 0 unspecified atom stereocenters. The Morgan fingerprint density at radius 3 is 2.78 bits per heavy atom. The Balaban J connectivity index is 1.71. The molecule has 0 fully saturated rings. The van der Waals surface area contributed by atoms with Crippen LogP contribution in [-0.4, -0.2) is 22.4 Å². The standard InChI is InChI=1S/C16H14N4O3/c1-10-7-15(22)23-13-8-11(3-4-12(10)13)20-14(21)9-19-16-17-5-2-6-18-16/h2-8H,9H2,1H3,(H,20,21)(H,17,18,19). The minimum atomic E-state index is -0.415. The SMILES string of the molecule is Cc1cc(=O)oc2cc(NC(=O)CNc3ncccn3)ccc12. The van der Waals surface area contributed by atoms with Gasteiger partial charge in [0, 0.05) is 35.6 Å². The quantitative estimate of drug-likeness (QED) is 0.715. The number of aryl methyl sites for hydroxylation is 1. The number of aromatic nitrogens is 2. The molecule has 116 valence electrons. The Kier molecular flexibility index (Phi) is 4.01. The van der Waals surface area contributed by atoms with E-state index in [9.17, 15) is 9.59 Å². The molecular formula is C16H14N4O3. The van der Waals surface area contributed by atoms with Crippen LogP contribution in [0.5, 0.6) is 0 Å². The van der Waals surface area contributed by atoms with E-state index in [1.54, 1.807) is 36.7 Å². The number of rotatable bonds is 4. The molecule has 23 heavy (non-hydrogen) atoms. The van der Waals surface area contributed by atoms with Crippen LogP contribution in [0.4, 0.5) is 11.6 Å². The summed E-state index contributed by atoms with van der Waals surface area (Å²) in [6, 6.07) is 8.31. The van der Waals surface area contributed by atoms with Crippen LogP contribution in [0.15, 0.2) is 51.9 Å². The van der Waals surface area contributed by atoms with Crippen molar-refractivity contribution in [1.82, 2.24) is 9.97 Å². The second-order valence-electron chi connectivity index (χ2n) is 4.93. The van der Waals surface area contributed by atoms with Crippen molar-refractivity contribution in [3.05, 3.63) is 58.7 Å². The van der Waals surface area contributed by atoms with E-state index in [-0.39, 0.29) is 12.5 Å². The predicted molar refractivity (Wildman–Crippen MR) is 86.4 cm³/mol. The molecule has 1 amide bonds. The third-order valence-electron chi connectivity index (χ3n) is 3.21. The summed E-state index contributed by atoms with van der Waals surface area (Å²) in [7, 11) is 0. The third-order valence-corrected chi connectivity index (χ3v) is 3.21. The van der Waals surface area contributed by atoms with Crippen molar-refractivity contribution >= 4 is 28.5 Å². The fourth-order valence-corrected chi connectivity index (χ4v) is 2.16. The Labute approximate surface area is 131 Å². The number of amides is 1. The summed E-state index contributed by atoms with van der Waals surface area (Å²) in [6.45, 7) is 1.86. The molecule has 0 atom stereocenters. The van der Waals surface area contributed by atoms with Crippen molar-refractivity contribution in [3.63, 3.8) is 0 Å². The molecule has 2 heterocycles. The Hall–Kier alpha value is -3.22. The highest BCUT2D eigenvalue weighted by atomic mass is 16.4. The summed E-state index contributed by atoms with van der Waals surface area (Å²) in [5.74, 6) is 0.120. The second-order valence-corrected chi connectivity index (χ2v) is 4.93. The smallest absolute Gasteiger partial charge is 0.336 e. The second kappa shape index (κ2) is 6.27. The van der Waals surface area contributed by atoms with Gasteiger partial charge in [0.05, 0.1) is 6.54 Å². The molecule has 0 saturated carbocycles. The molecule has 3 aromatic rings. The maximum Gasteiger partial charge on any atom is 0.336 e. The van der Waals surface area contributed by atoms with Crippen molar-refractivity contribution in [2.24, 2.45) is 0 Å². The van der Waals surface area contributed by atoms with Gasteiger partial charge in [-0.1, -0.05) is 0 Å². The average Bonchev–Trinajstić information content (AvgIpc) is 2.53. The highest BCUT2D eigenvalue weighted by Crippen LogP contribution is 2.20. The van der Waals surface area contributed by atoms with Gasteiger partial charge < -0.3 is 15.1 Å². The van der Waals surface area contributed by atoms with Crippen LogP contribution in [0.3, 0.4) is 0 Å². The highest BCUT2D eigenvalue weighted by Gasteiger charge is 2.07. The van der Waals surface area contributed by atoms with Crippen molar-refractivity contribution in [1.29, 1.82) is 0 Å². The molecule has 3 rings (SSSR count). The largest absolute Gasteiger partial charge is 0.423 e. The number of nitrogens with one attached hydrogen (secondary N) is 2. The van der Waals surface area contributed by atoms with E-state index in [1.807, 2.05) is 6.92 Å². The fourth-order valence-electron chi connectivity index (χ4n) is 2.16. The first kappa shape index (κ1) is 14.7. The molecule has 0 radical (unpaired) electrons. The summed E-state index contributed by atoms with van der Waals surface area (Å²) < 4.78 is 5.15. The number of hydrogen-bond donors (Lipinski definition) is 2. The lowest BCUT2D eigenvalue weighted by Crippen LogP contribution is -2.22. The lowest BCUT2D eigenvalue weighted by molar-refractivity contribution is -0.114. The number of fused-ring (bicyclic) bond motifs is 1. The Morgan fingerprint density at radius 1 is 1.22 bits per heavy atom. The minimum absolute atomic E-state index is 0.0276. The Bertz CT molecular complexity index is 906. The third kappa shape index (κ3) is 3.52. The van der Waals surface area contributed by atoms with Gasteiger partial charge in [0.15, 0.2) is 0 Å². The van der Waals surface area contributed by atoms with E-state index in [1.165, 1.54) is 6.07 Å². The van der Waals surface area contributed by atoms with Crippen molar-refractivity contribution in [2.75, 3.05) is 17.2 Å². The van der Waals surface area contributed by atoms with E-state index in [2.05, 4.69) is 20.6 Å². The lowest BCUT2D eigenvalue weighted by Gasteiger charge is -2.07. The van der Waals surface area contributed by atoms with Gasteiger partial charge in [-0.2, -0.15) is 0 Å². The van der Waals surface area contributed by atoms with Crippen LogP contribution >= 0.6 is 0 Å². The summed E-state index contributed by atoms with van der Waals surface area (Å²) in [5.41, 5.74) is 1.40. The van der Waals surface area contributed by atoms with E-state index in [4.69, 9.17) is 4.42 Å². The highest BCUT2D eigenvalue weighted by molar-refractivity contribution is 5.95. The zero-order valence-corrected chi connectivity index (χ0v) is 12.4. The molecule has 2 aromatic heterocycles. The molecule has 0 aliphatic rings. The lowest BCUT2D eigenvalue weighted by atomic mass is 10.1. The van der Waals surface area contributed by atoms with Crippen LogP contribution in [-0.2, 0) is 4.79 Å². The van der Waals surface area contributed by atoms with Gasteiger partial charge in [-0.25, -0.2) is 14.8 Å². The topological polar surface area (TPSA) is 97.1 Å². The first-order chi connectivity index (χ1) is 11.1. The molecule has 2 N–H and O–H groups in total. The summed E-state index contributed by atoms with van der Waals surface area (Å²) in [4.78, 5) is 31.3. The molecule has 7 heteroatoms. The zero-order chi connectivity index (χ0) is 16.2. The van der Waals surface area contributed by atoms with Crippen LogP contribution in [0, 0.1) is 6.92 Å². The van der Waals surface area contributed by atoms with Crippen LogP contribution in [0.1, 0.15) is 5.56 Å². The van der Waals surface area contributed by atoms with Crippen molar-refractivity contribution in [2.45, 2.75) is 6.92 Å². The minimum Gasteiger partial charge on any atom is -0.423 e. The van der Waals surface area contributed by atoms with E-state index >= 15 is 0 Å². The molecule has 7 nitrogen and oxygen atoms in total. The first-order valence-corrected chi connectivity index (χ1v) is 6.97. The van der Waals surface area contributed by atoms with E-state index in [0.29, 0.717) is 17.2 Å². The van der Waals surface area contributed by atoms with Crippen LogP contribution in [0.2, 0.25) is 0 Å². The normalized spacial score (nSPS) is 10.5. The van der Waals surface area contributed by atoms with Crippen molar-refractivity contribution < 1.29 is 9.21 Å². The van der Waals surface area contributed by atoms with Crippen LogP contribution in [0.25, 0.3) is 11.0 Å². The molecule has 1 aromatic carbocycles. The maximum atomic E-state index is 11.9. The van der Waals surface area contributed by atoms with Gasteiger partial charge in [-0.3, -0.25) is 4.79 Å². The van der Waals surface area contributed by atoms with Gasteiger partial charge in [0.2, 0.25) is 11.9 Å². The maximum absolute atomic E-state index is 11.9. The number of hydrogen-bond acceptors (Lipinski definition) is 6. The number of carbonyl (C=O) groups is 1. The zero-order valence-electron chi connectivity index (χ0n) is 12.4. The molecule has 0 saturated heterocycles. The summed E-state index contributed by atoms with van der Waals surface area (Å²) >= 11 is 0. The van der Waals surface area contributed by atoms with E-state index < -0.39 is 5.63 Å². The van der Waals surface area contributed by atoms with Gasteiger partial charge in [-0.05, 0) is 30.7 Å². The predicted octanol–water partition coefficient (Wildman–Crippen LogP) is 1.94. The summed E-state index contributed by atoms with van der Waals surface area (Å²) in [6.07, 6.45) is 3.17. The monoisotopic (exact) mass is 310 g/mol. The fraction of sp³-hybridized carbons (Fsp3) is 0.125. The molecule has 0 aliphatic carbocycles. The number of carbonyl (C=O) groups excluding carboxylic acids is 1. The van der Waals surface area contributed by atoms with Gasteiger partial charge in [0.25, 0.3) is 0 Å². The van der Waals surface area contributed by atoms with Crippen LogP contribution < -0.4 is 16.3 Å². The van der Waals surface area contributed by atoms with Gasteiger partial charge >= 0.3 is 5.63 Å². The average molecular weight is 310 g/mol. The number of nitrogens with zero attached hydrogens (tertiary/aromatic N) is 2.